The second-order valence-corrected chi connectivity index (χ2v) is 5.20. The Morgan fingerprint density at radius 1 is 1.17 bits per heavy atom. The Kier molecular flexibility index (Phi) is 4.52. The van der Waals surface area contributed by atoms with Crippen LogP contribution in [0.2, 0.25) is 0 Å². The molecule has 6 nitrogen and oxygen atoms in total. The van der Waals surface area contributed by atoms with Crippen molar-refractivity contribution in [3.8, 4) is 6.01 Å². The summed E-state index contributed by atoms with van der Waals surface area (Å²) in [5.41, 5.74) is 2.69. The number of ether oxygens (including phenoxy) is 1. The molecule has 0 aliphatic heterocycles. The fourth-order valence-corrected chi connectivity index (χ4v) is 2.29. The highest BCUT2D eigenvalue weighted by Gasteiger charge is 2.09. The van der Waals surface area contributed by atoms with Crippen LogP contribution in [0, 0.1) is 0 Å². The van der Waals surface area contributed by atoms with Gasteiger partial charge in [-0.05, 0) is 36.2 Å². The summed E-state index contributed by atoms with van der Waals surface area (Å²) in [6.07, 6.45) is 3.93. The normalized spacial score (nSPS) is 10.7. The lowest BCUT2D eigenvalue weighted by Crippen LogP contribution is -2.20. The summed E-state index contributed by atoms with van der Waals surface area (Å²) >= 11 is 0. The minimum absolute atomic E-state index is 0.119. The third kappa shape index (κ3) is 3.66. The van der Waals surface area contributed by atoms with Crippen molar-refractivity contribution in [2.45, 2.75) is 19.8 Å². The minimum Gasteiger partial charge on any atom is -0.453 e. The van der Waals surface area contributed by atoms with Crippen LogP contribution in [-0.4, -0.2) is 27.1 Å². The van der Waals surface area contributed by atoms with Gasteiger partial charge in [-0.3, -0.25) is 9.20 Å². The molecule has 0 fully saturated rings. The lowest BCUT2D eigenvalue weighted by molar-refractivity contribution is -0.118. The van der Waals surface area contributed by atoms with Crippen molar-refractivity contribution >= 4 is 17.2 Å². The molecule has 1 aromatic carbocycles. The molecule has 118 valence electrons. The number of nitrogens with zero attached hydrogens (tertiary/aromatic N) is 3. The number of aromatic nitrogens is 3. The maximum Gasteiger partial charge on any atom is 0.322 e. The summed E-state index contributed by atoms with van der Waals surface area (Å²) in [6, 6.07) is 13.7. The number of carbonyl (C=O) groups is 1. The first kappa shape index (κ1) is 15.0. The van der Waals surface area contributed by atoms with E-state index in [1.54, 1.807) is 10.6 Å². The van der Waals surface area contributed by atoms with Crippen molar-refractivity contribution in [1.29, 1.82) is 0 Å². The van der Waals surface area contributed by atoms with Crippen LogP contribution >= 0.6 is 0 Å². The van der Waals surface area contributed by atoms with Gasteiger partial charge in [0.05, 0.1) is 0 Å². The monoisotopic (exact) mass is 310 g/mol. The van der Waals surface area contributed by atoms with Crippen LogP contribution in [-0.2, 0) is 11.2 Å². The number of anilines is 1. The zero-order chi connectivity index (χ0) is 16.1. The first-order valence-electron chi connectivity index (χ1n) is 7.57. The van der Waals surface area contributed by atoms with Crippen molar-refractivity contribution in [3.63, 3.8) is 0 Å². The van der Waals surface area contributed by atoms with Crippen LogP contribution in [0.3, 0.4) is 0 Å². The summed E-state index contributed by atoms with van der Waals surface area (Å²) in [5, 5.41) is 10.7. The zero-order valence-corrected chi connectivity index (χ0v) is 12.9. The highest BCUT2D eigenvalue weighted by Crippen LogP contribution is 2.12. The molecule has 2 heterocycles. The van der Waals surface area contributed by atoms with E-state index in [1.165, 1.54) is 5.56 Å². The zero-order valence-electron chi connectivity index (χ0n) is 12.9. The number of fused-ring (bicyclic) bond motifs is 1. The van der Waals surface area contributed by atoms with Crippen molar-refractivity contribution in [2.24, 2.45) is 0 Å². The molecule has 3 rings (SSSR count). The molecule has 0 saturated carbocycles. The van der Waals surface area contributed by atoms with E-state index in [0.717, 1.165) is 18.5 Å². The number of amides is 1. The average Bonchev–Trinajstić information content (AvgIpc) is 2.98. The highest BCUT2D eigenvalue weighted by atomic mass is 16.5. The Balaban J connectivity index is 1.57. The van der Waals surface area contributed by atoms with E-state index in [4.69, 9.17) is 4.74 Å². The number of rotatable bonds is 6. The van der Waals surface area contributed by atoms with Gasteiger partial charge < -0.3 is 10.1 Å². The third-order valence-electron chi connectivity index (χ3n) is 3.39. The minimum atomic E-state index is -0.235. The number of benzene rings is 1. The summed E-state index contributed by atoms with van der Waals surface area (Å²) < 4.78 is 7.12. The highest BCUT2D eigenvalue weighted by molar-refractivity contribution is 5.91. The third-order valence-corrected chi connectivity index (χ3v) is 3.39. The van der Waals surface area contributed by atoms with E-state index < -0.39 is 0 Å². The van der Waals surface area contributed by atoms with Crippen molar-refractivity contribution in [3.05, 3.63) is 54.2 Å². The molecule has 0 radical (unpaired) electrons. The number of pyridine rings is 1. The molecule has 0 spiro atoms. The van der Waals surface area contributed by atoms with Crippen LogP contribution < -0.4 is 10.1 Å². The first-order valence-corrected chi connectivity index (χ1v) is 7.57. The van der Waals surface area contributed by atoms with Gasteiger partial charge in [0, 0.05) is 11.9 Å². The Morgan fingerprint density at radius 2 is 2.00 bits per heavy atom. The van der Waals surface area contributed by atoms with Crippen molar-refractivity contribution in [1.82, 2.24) is 14.6 Å². The quantitative estimate of drug-likeness (QED) is 0.760. The van der Waals surface area contributed by atoms with E-state index in [-0.39, 0.29) is 12.5 Å². The molecule has 23 heavy (non-hydrogen) atoms. The maximum atomic E-state index is 12.0. The number of hydrogen-bond donors (Lipinski definition) is 1. The number of carbonyl (C=O) groups excluding carboxylic acids is 1. The van der Waals surface area contributed by atoms with Crippen molar-refractivity contribution in [2.75, 3.05) is 11.9 Å². The molecule has 0 bridgehead atoms. The Labute approximate surface area is 134 Å². The van der Waals surface area contributed by atoms with Gasteiger partial charge in [0.25, 0.3) is 5.91 Å². The van der Waals surface area contributed by atoms with Crippen LogP contribution in [0.15, 0.2) is 48.7 Å². The van der Waals surface area contributed by atoms with E-state index in [9.17, 15) is 4.79 Å². The Bertz CT molecular complexity index is 796. The largest absolute Gasteiger partial charge is 0.453 e. The molecule has 1 N–H and O–H groups in total. The van der Waals surface area contributed by atoms with Gasteiger partial charge in [-0.15, -0.1) is 5.10 Å². The lowest BCUT2D eigenvalue weighted by atomic mass is 10.1. The smallest absolute Gasteiger partial charge is 0.322 e. The summed E-state index contributed by atoms with van der Waals surface area (Å²) in [5.74, 6) is -0.235. The van der Waals surface area contributed by atoms with E-state index in [1.807, 2.05) is 42.5 Å². The van der Waals surface area contributed by atoms with Gasteiger partial charge in [-0.1, -0.05) is 36.6 Å². The molecule has 0 aliphatic rings. The van der Waals surface area contributed by atoms with E-state index in [2.05, 4.69) is 22.4 Å². The van der Waals surface area contributed by atoms with Crippen molar-refractivity contribution < 1.29 is 9.53 Å². The predicted octanol–water partition coefficient (Wildman–Crippen LogP) is 2.70. The fraction of sp³-hybridized carbons (Fsp3) is 0.235. The Morgan fingerprint density at radius 3 is 2.78 bits per heavy atom. The van der Waals surface area contributed by atoms with Gasteiger partial charge in [0.2, 0.25) is 0 Å². The summed E-state index contributed by atoms with van der Waals surface area (Å²) in [4.78, 5) is 12.0. The molecular formula is C17H18N4O2. The lowest BCUT2D eigenvalue weighted by Gasteiger charge is -2.07. The second-order valence-electron chi connectivity index (χ2n) is 5.20. The molecule has 2 aromatic heterocycles. The van der Waals surface area contributed by atoms with Gasteiger partial charge in [0.15, 0.2) is 12.3 Å². The van der Waals surface area contributed by atoms with E-state index >= 15 is 0 Å². The molecule has 3 aromatic rings. The number of nitrogens with one attached hydrogen (secondary N) is 1. The summed E-state index contributed by atoms with van der Waals surface area (Å²) in [6.45, 7) is 2.02. The fourth-order valence-electron chi connectivity index (χ4n) is 2.29. The van der Waals surface area contributed by atoms with Crippen LogP contribution in [0.1, 0.15) is 18.9 Å². The maximum absolute atomic E-state index is 12.0. The van der Waals surface area contributed by atoms with Gasteiger partial charge >= 0.3 is 6.01 Å². The van der Waals surface area contributed by atoms with E-state index in [0.29, 0.717) is 11.7 Å². The van der Waals surface area contributed by atoms with Gasteiger partial charge in [-0.2, -0.15) is 0 Å². The van der Waals surface area contributed by atoms with Crippen LogP contribution in [0.4, 0.5) is 5.69 Å². The molecule has 6 heteroatoms. The standard InChI is InChI=1S/C17H18N4O2/c1-2-5-13-7-9-14(10-8-13)18-16(22)12-23-17-20-19-15-6-3-4-11-21(15)17/h3-4,6-11H,2,5,12H2,1H3,(H,18,22). The first-order chi connectivity index (χ1) is 11.3. The molecule has 0 aliphatic carbocycles. The van der Waals surface area contributed by atoms with Crippen LogP contribution in [0.5, 0.6) is 6.01 Å². The van der Waals surface area contributed by atoms with Crippen LogP contribution in [0.25, 0.3) is 5.65 Å². The SMILES string of the molecule is CCCc1ccc(NC(=O)COc2nnc3ccccn23)cc1. The van der Waals surface area contributed by atoms with Gasteiger partial charge in [0.1, 0.15) is 0 Å². The molecule has 1 amide bonds. The predicted molar refractivity (Wildman–Crippen MR) is 87.5 cm³/mol. The molecule has 0 atom stereocenters. The Hall–Kier alpha value is -2.89. The molecular weight excluding hydrogens is 292 g/mol. The second kappa shape index (κ2) is 6.91. The number of hydrogen-bond acceptors (Lipinski definition) is 4. The molecule has 0 saturated heterocycles. The topological polar surface area (TPSA) is 68.5 Å². The number of aryl methyl sites for hydroxylation is 1. The van der Waals surface area contributed by atoms with Gasteiger partial charge in [-0.25, -0.2) is 0 Å². The average molecular weight is 310 g/mol. The summed E-state index contributed by atoms with van der Waals surface area (Å²) in [7, 11) is 0. The molecule has 0 unspecified atom stereocenters.